The molecular formula is C18H17FN2O4. The number of hydrogen-bond acceptors (Lipinski definition) is 4. The number of halogens is 1. The highest BCUT2D eigenvalue weighted by Gasteiger charge is 2.17. The number of amides is 3. The van der Waals surface area contributed by atoms with Gasteiger partial charge in [0, 0.05) is 18.2 Å². The smallest absolute Gasteiger partial charge is 0.321 e. The summed E-state index contributed by atoms with van der Waals surface area (Å²) in [5.41, 5.74) is 0.773. The van der Waals surface area contributed by atoms with E-state index in [1.807, 2.05) is 0 Å². The molecule has 2 aromatic carbocycles. The van der Waals surface area contributed by atoms with Crippen molar-refractivity contribution in [1.82, 2.24) is 10.6 Å². The molecule has 2 rings (SSSR count). The summed E-state index contributed by atoms with van der Waals surface area (Å²) in [5.74, 6) is -0.887. The second-order valence-electron chi connectivity index (χ2n) is 5.19. The number of ether oxygens (including phenoxy) is 1. The maximum absolute atomic E-state index is 12.9. The Morgan fingerprint density at radius 2 is 1.48 bits per heavy atom. The van der Waals surface area contributed by atoms with Crippen molar-refractivity contribution in [3.8, 4) is 5.75 Å². The monoisotopic (exact) mass is 344 g/mol. The first-order chi connectivity index (χ1) is 11.9. The molecule has 0 bridgehead atoms. The summed E-state index contributed by atoms with van der Waals surface area (Å²) in [4.78, 5) is 35.1. The Hall–Kier alpha value is -3.22. The number of carbonyl (C=O) groups excluding carboxylic acids is 3. The molecule has 0 heterocycles. The van der Waals surface area contributed by atoms with Gasteiger partial charge in [-0.25, -0.2) is 9.18 Å². The summed E-state index contributed by atoms with van der Waals surface area (Å²) in [6.07, 6.45) is -0.893. The van der Waals surface area contributed by atoms with Gasteiger partial charge in [0.15, 0.2) is 11.9 Å². The van der Waals surface area contributed by atoms with Crippen LogP contribution in [0, 0.1) is 5.82 Å². The quantitative estimate of drug-likeness (QED) is 0.815. The fourth-order valence-corrected chi connectivity index (χ4v) is 1.99. The Labute approximate surface area is 144 Å². The molecule has 1 atom stereocenters. The molecule has 2 aromatic rings. The van der Waals surface area contributed by atoms with Crippen molar-refractivity contribution in [2.24, 2.45) is 0 Å². The SMILES string of the molecule is CNC(=O)NC(=O)[C@H](C)Oc1ccc(C(=O)c2ccc(F)cc2)cc1. The molecule has 3 amide bonds. The molecule has 130 valence electrons. The van der Waals surface area contributed by atoms with E-state index >= 15 is 0 Å². The zero-order valence-corrected chi connectivity index (χ0v) is 13.7. The molecule has 0 saturated heterocycles. The topological polar surface area (TPSA) is 84.5 Å². The normalized spacial score (nSPS) is 11.3. The third-order valence-electron chi connectivity index (χ3n) is 3.37. The van der Waals surface area contributed by atoms with Crippen molar-refractivity contribution in [2.45, 2.75) is 13.0 Å². The van der Waals surface area contributed by atoms with Crippen LogP contribution in [0.5, 0.6) is 5.75 Å². The van der Waals surface area contributed by atoms with E-state index in [9.17, 15) is 18.8 Å². The molecule has 25 heavy (non-hydrogen) atoms. The molecule has 0 aromatic heterocycles. The Morgan fingerprint density at radius 3 is 2.00 bits per heavy atom. The van der Waals surface area contributed by atoms with E-state index in [-0.39, 0.29) is 5.78 Å². The zero-order valence-electron chi connectivity index (χ0n) is 13.7. The molecule has 0 radical (unpaired) electrons. The summed E-state index contributed by atoms with van der Waals surface area (Å²) < 4.78 is 18.3. The number of nitrogens with one attached hydrogen (secondary N) is 2. The van der Waals surface area contributed by atoms with Crippen LogP contribution in [0.3, 0.4) is 0 Å². The minimum atomic E-state index is -0.893. The highest BCUT2D eigenvalue weighted by Crippen LogP contribution is 2.17. The molecule has 0 fully saturated rings. The number of ketones is 1. The average molecular weight is 344 g/mol. The molecular weight excluding hydrogens is 327 g/mol. The second kappa shape index (κ2) is 8.05. The van der Waals surface area contributed by atoms with Gasteiger partial charge in [-0.2, -0.15) is 0 Å². The van der Waals surface area contributed by atoms with E-state index in [1.165, 1.54) is 38.2 Å². The third kappa shape index (κ3) is 4.87. The lowest BCUT2D eigenvalue weighted by Crippen LogP contribution is -2.43. The van der Waals surface area contributed by atoms with Gasteiger partial charge in [-0.1, -0.05) is 0 Å². The summed E-state index contributed by atoms with van der Waals surface area (Å²) in [7, 11) is 1.39. The Balaban J connectivity index is 2.02. The zero-order chi connectivity index (χ0) is 18.4. The lowest BCUT2D eigenvalue weighted by Gasteiger charge is -2.14. The molecule has 6 nitrogen and oxygen atoms in total. The van der Waals surface area contributed by atoms with Crippen LogP contribution in [-0.4, -0.2) is 30.9 Å². The van der Waals surface area contributed by atoms with Crippen molar-refractivity contribution >= 4 is 17.7 Å². The lowest BCUT2D eigenvalue weighted by molar-refractivity contribution is -0.126. The Kier molecular flexibility index (Phi) is 5.84. The minimum absolute atomic E-state index is 0.253. The van der Waals surface area contributed by atoms with E-state index in [2.05, 4.69) is 10.6 Å². The van der Waals surface area contributed by atoms with E-state index in [0.29, 0.717) is 16.9 Å². The van der Waals surface area contributed by atoms with Crippen molar-refractivity contribution in [3.63, 3.8) is 0 Å². The van der Waals surface area contributed by atoms with Gasteiger partial charge in [0.2, 0.25) is 0 Å². The van der Waals surface area contributed by atoms with Gasteiger partial charge in [0.25, 0.3) is 5.91 Å². The van der Waals surface area contributed by atoms with E-state index in [4.69, 9.17) is 4.74 Å². The maximum atomic E-state index is 12.9. The minimum Gasteiger partial charge on any atom is -0.481 e. The van der Waals surface area contributed by atoms with Crippen LogP contribution in [0.25, 0.3) is 0 Å². The summed E-state index contributed by atoms with van der Waals surface area (Å²) in [5, 5.41) is 4.37. The van der Waals surface area contributed by atoms with Gasteiger partial charge in [0.1, 0.15) is 11.6 Å². The van der Waals surface area contributed by atoms with Gasteiger partial charge < -0.3 is 10.1 Å². The molecule has 0 saturated carbocycles. The first-order valence-electron chi connectivity index (χ1n) is 7.50. The Morgan fingerprint density at radius 1 is 0.960 bits per heavy atom. The fourth-order valence-electron chi connectivity index (χ4n) is 1.99. The van der Waals surface area contributed by atoms with Crippen molar-refractivity contribution in [3.05, 3.63) is 65.5 Å². The van der Waals surface area contributed by atoms with Crippen LogP contribution in [0.1, 0.15) is 22.8 Å². The molecule has 7 heteroatoms. The second-order valence-corrected chi connectivity index (χ2v) is 5.19. The maximum Gasteiger partial charge on any atom is 0.321 e. The number of hydrogen-bond donors (Lipinski definition) is 2. The van der Waals surface area contributed by atoms with Gasteiger partial charge in [-0.05, 0) is 55.5 Å². The average Bonchev–Trinajstić information content (AvgIpc) is 2.62. The first kappa shape index (κ1) is 18.1. The molecule has 0 spiro atoms. The van der Waals surface area contributed by atoms with Crippen molar-refractivity contribution in [1.29, 1.82) is 0 Å². The molecule has 0 aliphatic heterocycles. The van der Waals surface area contributed by atoms with Crippen LogP contribution in [0.4, 0.5) is 9.18 Å². The van der Waals surface area contributed by atoms with Crippen molar-refractivity contribution < 1.29 is 23.5 Å². The van der Waals surface area contributed by atoms with E-state index < -0.39 is 23.9 Å². The van der Waals surface area contributed by atoms with Crippen LogP contribution in [-0.2, 0) is 4.79 Å². The number of urea groups is 1. The number of imide groups is 1. The van der Waals surface area contributed by atoms with Crippen LogP contribution >= 0.6 is 0 Å². The van der Waals surface area contributed by atoms with E-state index in [1.54, 1.807) is 24.3 Å². The predicted molar refractivity (Wildman–Crippen MR) is 89.0 cm³/mol. The first-order valence-corrected chi connectivity index (χ1v) is 7.50. The number of carbonyl (C=O) groups is 3. The molecule has 2 N–H and O–H groups in total. The predicted octanol–water partition coefficient (Wildman–Crippen LogP) is 2.28. The fraction of sp³-hybridized carbons (Fsp3) is 0.167. The Bertz CT molecular complexity index is 773. The highest BCUT2D eigenvalue weighted by molar-refractivity contribution is 6.09. The van der Waals surface area contributed by atoms with Crippen LogP contribution < -0.4 is 15.4 Å². The highest BCUT2D eigenvalue weighted by atomic mass is 19.1. The third-order valence-corrected chi connectivity index (χ3v) is 3.37. The van der Waals surface area contributed by atoms with Crippen LogP contribution in [0.15, 0.2) is 48.5 Å². The largest absolute Gasteiger partial charge is 0.481 e. The standard InChI is InChI=1S/C18H17FN2O4/c1-11(17(23)21-18(24)20-2)25-15-9-5-13(6-10-15)16(22)12-3-7-14(19)8-4-12/h3-11H,1-2H3,(H2,20,21,23,24)/t11-/m0/s1. The molecule has 0 aliphatic rings. The summed E-state index contributed by atoms with van der Waals surface area (Å²) >= 11 is 0. The molecule has 0 unspecified atom stereocenters. The van der Waals surface area contributed by atoms with Gasteiger partial charge in [-0.15, -0.1) is 0 Å². The van der Waals surface area contributed by atoms with Crippen molar-refractivity contribution in [2.75, 3.05) is 7.05 Å². The summed E-state index contributed by atoms with van der Waals surface area (Å²) in [6.45, 7) is 1.50. The van der Waals surface area contributed by atoms with Gasteiger partial charge in [0.05, 0.1) is 0 Å². The lowest BCUT2D eigenvalue weighted by atomic mass is 10.0. The number of benzene rings is 2. The van der Waals surface area contributed by atoms with Gasteiger partial charge in [-0.3, -0.25) is 14.9 Å². The van der Waals surface area contributed by atoms with Crippen LogP contribution in [0.2, 0.25) is 0 Å². The summed E-state index contributed by atoms with van der Waals surface area (Å²) in [6, 6.07) is 10.8. The van der Waals surface area contributed by atoms with Gasteiger partial charge >= 0.3 is 6.03 Å². The van der Waals surface area contributed by atoms with E-state index in [0.717, 1.165) is 0 Å². The molecule has 0 aliphatic carbocycles. The number of rotatable bonds is 5.